The zero-order valence-electron chi connectivity index (χ0n) is 21.6. The van der Waals surface area contributed by atoms with Crippen LogP contribution >= 0.6 is 11.5 Å². The van der Waals surface area contributed by atoms with Gasteiger partial charge >= 0.3 is 0 Å². The smallest absolute Gasteiger partial charge is 0.273 e. The molecule has 1 aliphatic rings. The number of aromatic nitrogens is 1. The SMILES string of the molecule is COc1cccc(N(C(=O)c2snc(C(N)=O)c2N)[C@@H](C(=O)NC2CCCC2)c2ccc(N(C)C)cc2)c1. The van der Waals surface area contributed by atoms with Gasteiger partial charge in [-0.25, -0.2) is 0 Å². The van der Waals surface area contributed by atoms with Crippen molar-refractivity contribution in [2.75, 3.05) is 36.7 Å². The van der Waals surface area contributed by atoms with E-state index in [0.29, 0.717) is 17.0 Å². The summed E-state index contributed by atoms with van der Waals surface area (Å²) < 4.78 is 9.41. The number of anilines is 3. The summed E-state index contributed by atoms with van der Waals surface area (Å²) in [5, 5.41) is 3.15. The van der Waals surface area contributed by atoms with Crippen LogP contribution in [0, 0.1) is 0 Å². The lowest BCUT2D eigenvalue weighted by Crippen LogP contribution is -2.46. The fourth-order valence-corrected chi connectivity index (χ4v) is 5.35. The number of nitrogens with zero attached hydrogens (tertiary/aromatic N) is 3. The highest BCUT2D eigenvalue weighted by atomic mass is 32.1. The normalized spacial score (nSPS) is 14.1. The number of primary amides is 1. The van der Waals surface area contributed by atoms with Crippen LogP contribution in [0.5, 0.6) is 5.75 Å². The molecular formula is C27H32N6O4S. The van der Waals surface area contributed by atoms with Crippen molar-refractivity contribution in [3.63, 3.8) is 0 Å². The average Bonchev–Trinajstić information content (AvgIpc) is 3.56. The number of ether oxygens (including phenoxy) is 1. The summed E-state index contributed by atoms with van der Waals surface area (Å²) in [7, 11) is 5.37. The van der Waals surface area contributed by atoms with Gasteiger partial charge in [0, 0.05) is 37.6 Å². The molecule has 1 atom stereocenters. The van der Waals surface area contributed by atoms with E-state index in [1.807, 2.05) is 43.3 Å². The molecule has 1 aliphatic carbocycles. The quantitative estimate of drug-likeness (QED) is 0.380. The number of nitrogens with two attached hydrogens (primary N) is 2. The van der Waals surface area contributed by atoms with Gasteiger partial charge in [-0.3, -0.25) is 19.3 Å². The minimum atomic E-state index is -1.04. The van der Waals surface area contributed by atoms with Crippen LogP contribution in [-0.2, 0) is 4.79 Å². The van der Waals surface area contributed by atoms with E-state index in [9.17, 15) is 14.4 Å². The second kappa shape index (κ2) is 11.5. The number of benzene rings is 2. The van der Waals surface area contributed by atoms with Crippen molar-refractivity contribution >= 4 is 46.3 Å². The van der Waals surface area contributed by atoms with E-state index in [4.69, 9.17) is 16.2 Å². The molecule has 0 unspecified atom stereocenters. The van der Waals surface area contributed by atoms with Crippen molar-refractivity contribution in [2.45, 2.75) is 37.8 Å². The minimum Gasteiger partial charge on any atom is -0.497 e. The Morgan fingerprint density at radius 3 is 2.34 bits per heavy atom. The lowest BCUT2D eigenvalue weighted by Gasteiger charge is -2.32. The Morgan fingerprint density at radius 2 is 1.76 bits per heavy atom. The van der Waals surface area contributed by atoms with Crippen LogP contribution in [0.2, 0.25) is 0 Å². The number of hydrogen-bond donors (Lipinski definition) is 3. The van der Waals surface area contributed by atoms with Crippen LogP contribution < -0.4 is 31.3 Å². The highest BCUT2D eigenvalue weighted by molar-refractivity contribution is 7.09. The summed E-state index contributed by atoms with van der Waals surface area (Å²) in [4.78, 5) is 43.3. The van der Waals surface area contributed by atoms with E-state index >= 15 is 0 Å². The third-order valence-corrected chi connectivity index (χ3v) is 7.49. The Bertz CT molecular complexity index is 1320. The third kappa shape index (κ3) is 5.57. The Morgan fingerprint density at radius 1 is 1.08 bits per heavy atom. The van der Waals surface area contributed by atoms with Crippen molar-refractivity contribution in [3.05, 3.63) is 64.7 Å². The molecule has 11 heteroatoms. The molecule has 1 fully saturated rings. The van der Waals surface area contributed by atoms with E-state index in [-0.39, 0.29) is 28.2 Å². The molecule has 38 heavy (non-hydrogen) atoms. The number of nitrogens with one attached hydrogen (secondary N) is 1. The molecule has 3 aromatic rings. The summed E-state index contributed by atoms with van der Waals surface area (Å²) in [5.41, 5.74) is 13.2. The van der Waals surface area contributed by atoms with Crippen LogP contribution in [0.4, 0.5) is 17.1 Å². The maximum absolute atomic E-state index is 14.2. The van der Waals surface area contributed by atoms with Crippen molar-refractivity contribution in [1.82, 2.24) is 9.69 Å². The number of hydrogen-bond acceptors (Lipinski definition) is 8. The molecule has 0 bridgehead atoms. The summed E-state index contributed by atoms with van der Waals surface area (Å²) in [5.74, 6) is -1.22. The van der Waals surface area contributed by atoms with Gasteiger partial charge in [0.15, 0.2) is 5.69 Å². The maximum atomic E-state index is 14.2. The summed E-state index contributed by atoms with van der Waals surface area (Å²) in [6.07, 6.45) is 3.85. The second-order valence-electron chi connectivity index (χ2n) is 9.39. The number of amides is 3. The number of carbonyl (C=O) groups is 3. The number of nitrogen functional groups attached to an aromatic ring is 1. The monoisotopic (exact) mass is 536 g/mol. The zero-order chi connectivity index (χ0) is 27.4. The standard InChI is InChI=1S/C27H32N6O4S/c1-32(2)18-13-11-16(12-14-18)23(26(35)30-17-7-4-5-8-17)33(19-9-6-10-20(15-19)37-3)27(36)24-21(28)22(25(29)34)31-38-24/h6,9-15,17,23H,4-5,7-8,28H2,1-3H3,(H2,29,34)(H,30,35)/t23-/m1/s1. The Kier molecular flexibility index (Phi) is 8.16. The molecule has 10 nitrogen and oxygen atoms in total. The molecule has 3 amide bonds. The minimum absolute atomic E-state index is 0.0187. The van der Waals surface area contributed by atoms with Gasteiger partial charge in [-0.1, -0.05) is 31.0 Å². The second-order valence-corrected chi connectivity index (χ2v) is 10.2. The number of rotatable bonds is 9. The van der Waals surface area contributed by atoms with Gasteiger partial charge < -0.3 is 26.4 Å². The summed E-state index contributed by atoms with van der Waals surface area (Å²) in [6, 6.07) is 13.3. The molecule has 1 heterocycles. The highest BCUT2D eigenvalue weighted by Crippen LogP contribution is 2.35. The number of methoxy groups -OCH3 is 1. The molecule has 4 rings (SSSR count). The van der Waals surface area contributed by atoms with Crippen LogP contribution in [0.3, 0.4) is 0 Å². The predicted molar refractivity (Wildman–Crippen MR) is 149 cm³/mol. The summed E-state index contributed by atoms with van der Waals surface area (Å²) in [6.45, 7) is 0. The Labute approximate surface area is 225 Å². The van der Waals surface area contributed by atoms with Crippen molar-refractivity contribution in [2.24, 2.45) is 5.73 Å². The van der Waals surface area contributed by atoms with E-state index in [1.54, 1.807) is 24.3 Å². The first-order valence-corrected chi connectivity index (χ1v) is 13.1. The molecule has 0 saturated heterocycles. The zero-order valence-corrected chi connectivity index (χ0v) is 22.5. The Balaban J connectivity index is 1.87. The Hall–Kier alpha value is -4.12. The largest absolute Gasteiger partial charge is 0.497 e. The molecule has 0 spiro atoms. The maximum Gasteiger partial charge on any atom is 0.273 e. The van der Waals surface area contributed by atoms with Crippen molar-refractivity contribution in [3.8, 4) is 5.75 Å². The van der Waals surface area contributed by atoms with Gasteiger partial charge in [-0.15, -0.1) is 0 Å². The van der Waals surface area contributed by atoms with Crippen LogP contribution in [0.25, 0.3) is 0 Å². The van der Waals surface area contributed by atoms with Crippen LogP contribution in [-0.4, -0.2) is 49.3 Å². The fraction of sp³-hybridized carbons (Fsp3) is 0.333. The van der Waals surface area contributed by atoms with E-state index in [2.05, 4.69) is 9.69 Å². The van der Waals surface area contributed by atoms with Gasteiger partial charge in [0.1, 0.15) is 16.7 Å². The molecule has 0 radical (unpaired) electrons. The van der Waals surface area contributed by atoms with E-state index in [1.165, 1.54) is 12.0 Å². The van der Waals surface area contributed by atoms with Gasteiger partial charge in [-0.2, -0.15) is 4.37 Å². The lowest BCUT2D eigenvalue weighted by molar-refractivity contribution is -0.123. The van der Waals surface area contributed by atoms with Gasteiger partial charge in [-0.05, 0) is 54.2 Å². The van der Waals surface area contributed by atoms with Crippen molar-refractivity contribution < 1.29 is 19.1 Å². The van der Waals surface area contributed by atoms with Gasteiger partial charge in [0.25, 0.3) is 11.8 Å². The molecule has 1 aromatic heterocycles. The molecular weight excluding hydrogens is 504 g/mol. The van der Waals surface area contributed by atoms with Gasteiger partial charge in [0.2, 0.25) is 5.91 Å². The van der Waals surface area contributed by atoms with E-state index in [0.717, 1.165) is 42.9 Å². The molecule has 2 aromatic carbocycles. The molecule has 200 valence electrons. The lowest BCUT2D eigenvalue weighted by atomic mass is 10.0. The first-order valence-electron chi connectivity index (χ1n) is 12.3. The number of carbonyl (C=O) groups excluding carboxylic acids is 3. The first kappa shape index (κ1) is 26.9. The molecule has 5 N–H and O–H groups in total. The predicted octanol–water partition coefficient (Wildman–Crippen LogP) is 3.35. The molecule has 0 aliphatic heterocycles. The van der Waals surface area contributed by atoms with Crippen LogP contribution in [0.15, 0.2) is 48.5 Å². The van der Waals surface area contributed by atoms with Gasteiger partial charge in [0.05, 0.1) is 12.8 Å². The highest BCUT2D eigenvalue weighted by Gasteiger charge is 2.37. The van der Waals surface area contributed by atoms with Crippen molar-refractivity contribution in [1.29, 1.82) is 0 Å². The molecule has 1 saturated carbocycles. The van der Waals surface area contributed by atoms with Crippen LogP contribution in [0.1, 0.15) is 57.4 Å². The average molecular weight is 537 g/mol. The summed E-state index contributed by atoms with van der Waals surface area (Å²) >= 11 is 0.772. The van der Waals surface area contributed by atoms with E-state index < -0.39 is 17.9 Å². The topological polar surface area (TPSA) is 144 Å². The third-order valence-electron chi connectivity index (χ3n) is 6.64. The fourth-order valence-electron chi connectivity index (χ4n) is 4.61. The first-order chi connectivity index (χ1) is 18.2.